The van der Waals surface area contributed by atoms with Gasteiger partial charge in [0.1, 0.15) is 12.6 Å². The number of rotatable bonds is 4. The van der Waals surface area contributed by atoms with E-state index in [1.165, 1.54) is 0 Å². The van der Waals surface area contributed by atoms with Gasteiger partial charge in [0, 0.05) is 4.75 Å². The third kappa shape index (κ3) is 2.74. The molecule has 3 rings (SSSR count). The lowest BCUT2D eigenvalue weighted by Gasteiger charge is -2.45. The molecule has 1 aromatic rings. The Morgan fingerprint density at radius 1 is 1.39 bits per heavy atom. The smallest absolute Gasteiger partial charge is 0.330 e. The lowest BCUT2D eigenvalue weighted by molar-refractivity contribution is -0.171. The Labute approximate surface area is 140 Å². The summed E-state index contributed by atoms with van der Waals surface area (Å²) in [5, 5.41) is 9.61. The lowest BCUT2D eigenvalue weighted by Crippen LogP contribution is -2.65. The van der Waals surface area contributed by atoms with Gasteiger partial charge < -0.3 is 14.7 Å². The van der Waals surface area contributed by atoms with Crippen molar-refractivity contribution >= 4 is 23.6 Å². The molecule has 0 aliphatic carbocycles. The standard InChI is InChI=1S/C17H21NO4S/c1-10(19)12-14(20)18-13(17(2,3)23-15(12)18)16(21)22-9-11-7-5-4-6-8-11/h4-8,10,12-13,15,19H,9H2,1-3H3. The summed E-state index contributed by atoms with van der Waals surface area (Å²) in [6.07, 6.45) is -0.703. The maximum absolute atomic E-state index is 12.6. The fraction of sp³-hybridized carbons (Fsp3) is 0.529. The predicted molar refractivity (Wildman–Crippen MR) is 87.5 cm³/mol. The van der Waals surface area contributed by atoms with Gasteiger partial charge in [-0.15, -0.1) is 11.8 Å². The maximum atomic E-state index is 12.6. The molecule has 4 atom stereocenters. The number of thioether (sulfide) groups is 1. The molecule has 23 heavy (non-hydrogen) atoms. The van der Waals surface area contributed by atoms with Crippen LogP contribution in [0.2, 0.25) is 0 Å². The Balaban J connectivity index is 1.71. The van der Waals surface area contributed by atoms with Crippen LogP contribution in [0.4, 0.5) is 0 Å². The fourth-order valence-electron chi connectivity index (χ4n) is 3.27. The van der Waals surface area contributed by atoms with Crippen molar-refractivity contribution in [1.29, 1.82) is 0 Å². The quantitative estimate of drug-likeness (QED) is 0.671. The second-order valence-corrected chi connectivity index (χ2v) is 8.39. The molecule has 1 N–H and O–H groups in total. The van der Waals surface area contributed by atoms with Gasteiger partial charge in [0.2, 0.25) is 5.91 Å². The Hall–Kier alpha value is -1.53. The minimum Gasteiger partial charge on any atom is -0.459 e. The first-order valence-electron chi connectivity index (χ1n) is 7.71. The molecule has 5 nitrogen and oxygen atoms in total. The van der Waals surface area contributed by atoms with Crippen molar-refractivity contribution in [2.24, 2.45) is 5.92 Å². The summed E-state index contributed by atoms with van der Waals surface area (Å²) in [5.74, 6) is -0.970. The van der Waals surface area contributed by atoms with Gasteiger partial charge >= 0.3 is 5.97 Å². The summed E-state index contributed by atoms with van der Waals surface area (Å²) in [5.41, 5.74) is 0.914. The number of fused-ring (bicyclic) bond motifs is 1. The van der Waals surface area contributed by atoms with Gasteiger partial charge in [-0.1, -0.05) is 30.3 Å². The van der Waals surface area contributed by atoms with E-state index in [0.717, 1.165) is 5.56 Å². The number of amides is 1. The van der Waals surface area contributed by atoms with Crippen LogP contribution in [0, 0.1) is 5.92 Å². The van der Waals surface area contributed by atoms with Gasteiger partial charge in [0.25, 0.3) is 0 Å². The van der Waals surface area contributed by atoms with Crippen LogP contribution in [0.5, 0.6) is 0 Å². The van der Waals surface area contributed by atoms with Gasteiger partial charge in [-0.25, -0.2) is 4.79 Å². The molecule has 2 aliphatic rings. The SMILES string of the molecule is CC(O)C1C(=O)N2C1SC(C)(C)C2C(=O)OCc1ccccc1. The van der Waals surface area contributed by atoms with Crippen LogP contribution in [-0.4, -0.2) is 44.1 Å². The number of ether oxygens (including phenoxy) is 1. The Kier molecular flexibility index (Phi) is 4.14. The molecule has 2 aliphatic heterocycles. The van der Waals surface area contributed by atoms with Crippen molar-refractivity contribution < 1.29 is 19.4 Å². The highest BCUT2D eigenvalue weighted by atomic mass is 32.2. The topological polar surface area (TPSA) is 66.8 Å². The number of aliphatic hydroxyl groups is 1. The highest BCUT2D eigenvalue weighted by molar-refractivity contribution is 8.01. The van der Waals surface area contributed by atoms with Crippen LogP contribution < -0.4 is 0 Å². The zero-order valence-corrected chi connectivity index (χ0v) is 14.2. The van der Waals surface area contributed by atoms with E-state index in [0.29, 0.717) is 0 Å². The van der Waals surface area contributed by atoms with E-state index >= 15 is 0 Å². The molecule has 0 aromatic heterocycles. The Morgan fingerprint density at radius 2 is 2.04 bits per heavy atom. The van der Waals surface area contributed by atoms with Gasteiger partial charge in [-0.2, -0.15) is 0 Å². The van der Waals surface area contributed by atoms with Crippen molar-refractivity contribution in [3.05, 3.63) is 35.9 Å². The fourth-order valence-corrected chi connectivity index (χ4v) is 5.07. The van der Waals surface area contributed by atoms with Crippen molar-refractivity contribution in [3.8, 4) is 0 Å². The molecular weight excluding hydrogens is 314 g/mol. The van der Waals surface area contributed by atoms with Crippen LogP contribution >= 0.6 is 11.8 Å². The zero-order chi connectivity index (χ0) is 16.8. The number of aliphatic hydroxyl groups excluding tert-OH is 1. The number of carbonyl (C=O) groups excluding carboxylic acids is 2. The highest BCUT2D eigenvalue weighted by Crippen LogP contribution is 2.54. The summed E-state index contributed by atoms with van der Waals surface area (Å²) in [6.45, 7) is 5.70. The predicted octanol–water partition coefficient (Wildman–Crippen LogP) is 1.79. The molecule has 6 heteroatoms. The number of benzene rings is 1. The number of β-lactam (4-membered cyclic amide) rings is 1. The molecule has 2 heterocycles. The first-order valence-corrected chi connectivity index (χ1v) is 8.59. The zero-order valence-electron chi connectivity index (χ0n) is 13.4. The number of hydrogen-bond acceptors (Lipinski definition) is 5. The number of carbonyl (C=O) groups is 2. The van der Waals surface area contributed by atoms with Gasteiger partial charge in [0.05, 0.1) is 17.4 Å². The number of esters is 1. The molecule has 0 spiro atoms. The van der Waals surface area contributed by atoms with Gasteiger partial charge in [-0.05, 0) is 26.3 Å². The van der Waals surface area contributed by atoms with Gasteiger partial charge in [-0.3, -0.25) is 4.79 Å². The molecular formula is C17H21NO4S. The molecule has 1 aromatic carbocycles. The molecule has 1 amide bonds. The molecule has 0 bridgehead atoms. The molecule has 2 fully saturated rings. The summed E-state index contributed by atoms with van der Waals surface area (Å²) in [6, 6.07) is 8.86. The molecule has 4 unspecified atom stereocenters. The first kappa shape index (κ1) is 16.3. The Morgan fingerprint density at radius 3 is 2.65 bits per heavy atom. The summed E-state index contributed by atoms with van der Waals surface area (Å²) in [7, 11) is 0. The van der Waals surface area contributed by atoms with Crippen LogP contribution in [0.3, 0.4) is 0 Å². The van der Waals surface area contributed by atoms with Crippen LogP contribution in [0.25, 0.3) is 0 Å². The lowest BCUT2D eigenvalue weighted by atomic mass is 9.88. The van der Waals surface area contributed by atoms with Crippen molar-refractivity contribution in [3.63, 3.8) is 0 Å². The van der Waals surface area contributed by atoms with E-state index in [1.807, 2.05) is 44.2 Å². The summed E-state index contributed by atoms with van der Waals surface area (Å²) < 4.78 is 5.00. The van der Waals surface area contributed by atoms with Crippen molar-refractivity contribution in [2.45, 2.75) is 49.6 Å². The Bertz CT molecular complexity index is 616. The van der Waals surface area contributed by atoms with E-state index < -0.39 is 22.8 Å². The van der Waals surface area contributed by atoms with Gasteiger partial charge in [0.15, 0.2) is 0 Å². The number of hydrogen-bond donors (Lipinski definition) is 1. The molecule has 0 radical (unpaired) electrons. The summed E-state index contributed by atoms with van der Waals surface area (Å²) >= 11 is 1.56. The van der Waals surface area contributed by atoms with E-state index in [9.17, 15) is 14.7 Å². The van der Waals surface area contributed by atoms with E-state index in [1.54, 1.807) is 23.6 Å². The third-order valence-corrected chi connectivity index (χ3v) is 6.04. The highest BCUT2D eigenvalue weighted by Gasteiger charge is 2.64. The molecule has 0 saturated carbocycles. The average molecular weight is 335 g/mol. The van der Waals surface area contributed by atoms with Crippen LogP contribution in [-0.2, 0) is 20.9 Å². The number of nitrogens with zero attached hydrogens (tertiary/aromatic N) is 1. The second kappa shape index (κ2) is 5.83. The third-order valence-electron chi connectivity index (χ3n) is 4.45. The average Bonchev–Trinajstić information content (AvgIpc) is 2.73. The maximum Gasteiger partial charge on any atom is 0.330 e. The van der Waals surface area contributed by atoms with E-state index in [-0.39, 0.29) is 23.9 Å². The molecule has 124 valence electrons. The van der Waals surface area contributed by atoms with Crippen molar-refractivity contribution in [2.75, 3.05) is 0 Å². The van der Waals surface area contributed by atoms with E-state index in [2.05, 4.69) is 0 Å². The van der Waals surface area contributed by atoms with Crippen LogP contribution in [0.15, 0.2) is 30.3 Å². The first-order chi connectivity index (χ1) is 10.8. The molecule has 2 saturated heterocycles. The minimum atomic E-state index is -0.703. The minimum absolute atomic E-state index is 0.147. The van der Waals surface area contributed by atoms with Crippen LogP contribution in [0.1, 0.15) is 26.3 Å². The summed E-state index contributed by atoms with van der Waals surface area (Å²) in [4.78, 5) is 26.4. The normalized spacial score (nSPS) is 29.7. The van der Waals surface area contributed by atoms with Crippen molar-refractivity contribution in [1.82, 2.24) is 4.90 Å². The van der Waals surface area contributed by atoms with E-state index in [4.69, 9.17) is 4.74 Å². The monoisotopic (exact) mass is 335 g/mol. The largest absolute Gasteiger partial charge is 0.459 e. The second-order valence-electron chi connectivity index (χ2n) is 6.62.